The number of hydrogen-bond acceptors (Lipinski definition) is 2. The van der Waals surface area contributed by atoms with Gasteiger partial charge in [0, 0.05) is 0 Å². The summed E-state index contributed by atoms with van der Waals surface area (Å²) in [6.45, 7) is 16.8. The molecule has 0 bridgehead atoms. The minimum atomic E-state index is -0.194. The normalized spacial score (nSPS) is 17.9. The predicted octanol–water partition coefficient (Wildman–Crippen LogP) is 7.57. The van der Waals surface area contributed by atoms with E-state index in [1.165, 1.54) is 44.1 Å². The zero-order valence-electron chi connectivity index (χ0n) is 18.8. The van der Waals surface area contributed by atoms with Gasteiger partial charge >= 0.3 is 0 Å². The Hall–Kier alpha value is -1.02. The van der Waals surface area contributed by atoms with Gasteiger partial charge in [0.1, 0.15) is 5.75 Å². The van der Waals surface area contributed by atoms with Crippen molar-refractivity contribution >= 4 is 0 Å². The second kappa shape index (κ2) is 9.45. The van der Waals surface area contributed by atoms with Crippen molar-refractivity contribution < 1.29 is 9.47 Å². The van der Waals surface area contributed by atoms with Crippen LogP contribution in [0, 0.1) is 16.7 Å². The molecule has 0 amide bonds. The topological polar surface area (TPSA) is 18.5 Å². The molecular weight excluding hydrogens is 332 g/mol. The molecule has 0 aliphatic heterocycles. The molecule has 0 radical (unpaired) electrons. The number of benzene rings is 1. The summed E-state index contributed by atoms with van der Waals surface area (Å²) in [6.07, 6.45) is 7.94. The second-order valence-corrected chi connectivity index (χ2v) is 10.6. The van der Waals surface area contributed by atoms with Crippen LogP contribution in [0.2, 0.25) is 0 Å². The van der Waals surface area contributed by atoms with E-state index in [9.17, 15) is 0 Å². The minimum Gasteiger partial charge on any atom is -0.465 e. The summed E-state index contributed by atoms with van der Waals surface area (Å²) in [7, 11) is 0. The molecule has 1 fully saturated rings. The van der Waals surface area contributed by atoms with Crippen LogP contribution in [0.1, 0.15) is 98.5 Å². The van der Waals surface area contributed by atoms with Gasteiger partial charge in [0.2, 0.25) is 0 Å². The summed E-state index contributed by atoms with van der Waals surface area (Å²) < 4.78 is 11.9. The van der Waals surface area contributed by atoms with Gasteiger partial charge in [-0.1, -0.05) is 85.8 Å². The summed E-state index contributed by atoms with van der Waals surface area (Å²) in [6, 6.07) is 8.65. The van der Waals surface area contributed by atoms with Gasteiger partial charge in [0.25, 0.3) is 0 Å². The van der Waals surface area contributed by atoms with Crippen molar-refractivity contribution in [2.24, 2.45) is 16.7 Å². The molecule has 27 heavy (non-hydrogen) atoms. The van der Waals surface area contributed by atoms with Gasteiger partial charge < -0.3 is 9.47 Å². The number of hydrogen-bond donors (Lipinski definition) is 0. The van der Waals surface area contributed by atoms with Crippen molar-refractivity contribution in [3.63, 3.8) is 0 Å². The smallest absolute Gasteiger partial charge is 0.196 e. The molecule has 2 heteroatoms. The summed E-state index contributed by atoms with van der Waals surface area (Å²) in [4.78, 5) is 0. The van der Waals surface area contributed by atoms with E-state index in [-0.39, 0.29) is 17.1 Å². The highest BCUT2D eigenvalue weighted by Crippen LogP contribution is 2.47. The Kier molecular flexibility index (Phi) is 7.80. The van der Waals surface area contributed by atoms with Crippen LogP contribution in [0.15, 0.2) is 24.3 Å². The molecular formula is C25H42O2. The van der Waals surface area contributed by atoms with Crippen LogP contribution in [0.25, 0.3) is 0 Å². The molecule has 2 nitrogen and oxygen atoms in total. The maximum absolute atomic E-state index is 5.99. The van der Waals surface area contributed by atoms with Gasteiger partial charge in [0.15, 0.2) is 6.29 Å². The van der Waals surface area contributed by atoms with Gasteiger partial charge in [0.05, 0.1) is 6.61 Å². The third-order valence-electron chi connectivity index (χ3n) is 5.85. The molecule has 0 aromatic heterocycles. The van der Waals surface area contributed by atoms with Crippen molar-refractivity contribution in [3.8, 4) is 5.75 Å². The van der Waals surface area contributed by atoms with Crippen LogP contribution >= 0.6 is 0 Å². The van der Waals surface area contributed by atoms with Gasteiger partial charge in [-0.3, -0.25) is 0 Å². The van der Waals surface area contributed by atoms with E-state index in [1.54, 1.807) is 0 Å². The average Bonchev–Trinajstić information content (AvgIpc) is 2.55. The van der Waals surface area contributed by atoms with Crippen LogP contribution in [-0.2, 0) is 4.74 Å². The molecule has 1 aliphatic carbocycles. The van der Waals surface area contributed by atoms with Crippen LogP contribution in [-0.4, -0.2) is 12.9 Å². The summed E-state index contributed by atoms with van der Waals surface area (Å²) in [5.74, 6) is 2.24. The standard InChI is InChI=1S/C25H42O2/c1-19(26-18-17-20-11-9-8-10-12-20)27-22-15-13-21(14-16-22)23(24(2,3)4)25(5,6)7/h13-16,19-20,23H,8-12,17-18H2,1-7H3. The maximum Gasteiger partial charge on any atom is 0.196 e. The van der Waals surface area contributed by atoms with E-state index in [4.69, 9.17) is 9.47 Å². The fraction of sp³-hybridized carbons (Fsp3) is 0.760. The Bertz CT molecular complexity index is 527. The lowest BCUT2D eigenvalue weighted by Crippen LogP contribution is -2.30. The maximum atomic E-state index is 5.99. The lowest BCUT2D eigenvalue weighted by molar-refractivity contribution is -0.0711. The fourth-order valence-electron chi connectivity index (χ4n) is 5.14. The van der Waals surface area contributed by atoms with E-state index in [0.29, 0.717) is 5.92 Å². The summed E-state index contributed by atoms with van der Waals surface area (Å²) >= 11 is 0. The van der Waals surface area contributed by atoms with Crippen LogP contribution in [0.5, 0.6) is 5.75 Å². The SMILES string of the molecule is CC(OCCC1CCCCC1)Oc1ccc(C(C(C)(C)C)C(C)(C)C)cc1. The monoisotopic (exact) mass is 374 g/mol. The summed E-state index contributed by atoms with van der Waals surface area (Å²) in [5, 5.41) is 0. The molecule has 2 rings (SSSR count). The molecule has 1 atom stereocenters. The number of rotatable bonds is 7. The zero-order valence-corrected chi connectivity index (χ0v) is 18.8. The van der Waals surface area contributed by atoms with Crippen LogP contribution in [0.3, 0.4) is 0 Å². The van der Waals surface area contributed by atoms with Crippen molar-refractivity contribution in [1.82, 2.24) is 0 Å². The highest BCUT2D eigenvalue weighted by molar-refractivity contribution is 5.31. The first-order valence-electron chi connectivity index (χ1n) is 11.0. The van der Waals surface area contributed by atoms with Crippen molar-refractivity contribution in [3.05, 3.63) is 29.8 Å². The van der Waals surface area contributed by atoms with Crippen LogP contribution in [0.4, 0.5) is 0 Å². The van der Waals surface area contributed by atoms with Crippen molar-refractivity contribution in [2.45, 2.75) is 99.2 Å². The van der Waals surface area contributed by atoms with Gasteiger partial charge in [-0.25, -0.2) is 0 Å². The first-order chi connectivity index (χ1) is 12.6. The number of ether oxygens (including phenoxy) is 2. The highest BCUT2D eigenvalue weighted by Gasteiger charge is 2.35. The third-order valence-corrected chi connectivity index (χ3v) is 5.85. The van der Waals surface area contributed by atoms with E-state index in [1.807, 2.05) is 6.92 Å². The molecule has 0 spiro atoms. The molecule has 1 unspecified atom stereocenters. The Labute approximate surface area is 168 Å². The van der Waals surface area contributed by atoms with Crippen molar-refractivity contribution in [1.29, 1.82) is 0 Å². The molecule has 154 valence electrons. The lowest BCUT2D eigenvalue weighted by atomic mass is 9.64. The molecule has 1 aromatic carbocycles. The van der Waals surface area contributed by atoms with E-state index >= 15 is 0 Å². The second-order valence-electron chi connectivity index (χ2n) is 10.6. The minimum absolute atomic E-state index is 0.194. The van der Waals surface area contributed by atoms with Crippen molar-refractivity contribution in [2.75, 3.05) is 6.61 Å². The average molecular weight is 375 g/mol. The van der Waals surface area contributed by atoms with E-state index in [2.05, 4.69) is 65.8 Å². The van der Waals surface area contributed by atoms with Crippen LogP contribution < -0.4 is 4.74 Å². The molecule has 1 aliphatic rings. The third kappa shape index (κ3) is 7.14. The lowest BCUT2D eigenvalue weighted by Gasteiger charge is -2.41. The summed E-state index contributed by atoms with van der Waals surface area (Å²) in [5.41, 5.74) is 1.82. The Morgan fingerprint density at radius 3 is 1.96 bits per heavy atom. The quantitative estimate of drug-likeness (QED) is 0.458. The Morgan fingerprint density at radius 2 is 1.44 bits per heavy atom. The first-order valence-corrected chi connectivity index (χ1v) is 11.0. The van der Waals surface area contributed by atoms with E-state index in [0.717, 1.165) is 18.3 Å². The van der Waals surface area contributed by atoms with Gasteiger partial charge in [-0.05, 0) is 53.7 Å². The van der Waals surface area contributed by atoms with Gasteiger partial charge in [-0.15, -0.1) is 0 Å². The first kappa shape index (κ1) is 22.3. The fourth-order valence-corrected chi connectivity index (χ4v) is 5.14. The molecule has 1 aromatic rings. The Balaban J connectivity index is 1.86. The zero-order chi connectivity index (χ0) is 20.1. The van der Waals surface area contributed by atoms with Gasteiger partial charge in [-0.2, -0.15) is 0 Å². The molecule has 1 saturated carbocycles. The molecule has 0 saturated heterocycles. The highest BCUT2D eigenvalue weighted by atomic mass is 16.7. The Morgan fingerprint density at radius 1 is 0.889 bits per heavy atom. The largest absolute Gasteiger partial charge is 0.465 e. The molecule has 0 heterocycles. The molecule has 0 N–H and O–H groups in total. The van der Waals surface area contributed by atoms with E-state index < -0.39 is 0 Å². The predicted molar refractivity (Wildman–Crippen MR) is 115 cm³/mol.